The first kappa shape index (κ1) is 19.7. The molecule has 1 aliphatic carbocycles. The van der Waals surface area contributed by atoms with E-state index in [0.717, 1.165) is 45.7 Å². The summed E-state index contributed by atoms with van der Waals surface area (Å²) >= 11 is 1.48. The zero-order valence-corrected chi connectivity index (χ0v) is 18.2. The largest absolute Gasteiger partial charge is 0.308 e. The Labute approximate surface area is 182 Å². The van der Waals surface area contributed by atoms with E-state index in [2.05, 4.69) is 75.0 Å². The third kappa shape index (κ3) is 4.02. The van der Waals surface area contributed by atoms with Gasteiger partial charge < -0.3 is 0 Å². The van der Waals surface area contributed by atoms with Crippen LogP contribution >= 0.6 is 11.3 Å². The predicted molar refractivity (Wildman–Crippen MR) is 123 cm³/mol. The van der Waals surface area contributed by atoms with Gasteiger partial charge in [0, 0.05) is 36.8 Å². The first-order valence-electron chi connectivity index (χ1n) is 11.1. The molecule has 0 spiro atoms. The van der Waals surface area contributed by atoms with Crippen LogP contribution in [0.4, 0.5) is 0 Å². The molecule has 2 heterocycles. The first-order valence-corrected chi connectivity index (χ1v) is 11.9. The maximum absolute atomic E-state index is 12.6. The van der Waals surface area contributed by atoms with Crippen molar-refractivity contribution >= 4 is 11.3 Å². The SMILES string of the molecule is O=c1sc2c(n1CN1CCN(C(c3ccccc3)c3ccccc3)CC1)CCCC2. The minimum Gasteiger partial charge on any atom is -0.290 e. The van der Waals surface area contributed by atoms with Crippen LogP contribution in [0, 0.1) is 0 Å². The molecule has 5 heteroatoms. The highest BCUT2D eigenvalue weighted by Gasteiger charge is 2.27. The number of aryl methyl sites for hydroxylation is 1. The van der Waals surface area contributed by atoms with Gasteiger partial charge in [-0.25, -0.2) is 0 Å². The Morgan fingerprint density at radius 3 is 2.03 bits per heavy atom. The Morgan fingerprint density at radius 2 is 1.40 bits per heavy atom. The highest BCUT2D eigenvalue weighted by molar-refractivity contribution is 7.09. The molecule has 3 aromatic rings. The lowest BCUT2D eigenvalue weighted by atomic mass is 9.96. The standard InChI is InChI=1S/C25H29N3OS/c29-25-28(22-13-7-8-14-23(22)30-25)19-26-15-17-27(18-16-26)24(20-9-3-1-4-10-20)21-11-5-2-6-12-21/h1-6,9-12,24H,7-8,13-19H2. The lowest BCUT2D eigenvalue weighted by Gasteiger charge is -2.40. The van der Waals surface area contributed by atoms with Gasteiger partial charge in [0.1, 0.15) is 0 Å². The zero-order chi connectivity index (χ0) is 20.3. The second kappa shape index (κ2) is 8.88. The number of nitrogens with zero attached hydrogens (tertiary/aromatic N) is 3. The van der Waals surface area contributed by atoms with Crippen LogP contribution in [-0.2, 0) is 19.5 Å². The van der Waals surface area contributed by atoms with Gasteiger partial charge in [-0.3, -0.25) is 19.2 Å². The van der Waals surface area contributed by atoms with Gasteiger partial charge in [0.2, 0.25) is 0 Å². The maximum Gasteiger partial charge on any atom is 0.308 e. The van der Waals surface area contributed by atoms with Crippen molar-refractivity contribution in [3.05, 3.63) is 92.0 Å². The number of piperazine rings is 1. The second-order valence-electron chi connectivity index (χ2n) is 8.39. The van der Waals surface area contributed by atoms with E-state index in [1.807, 2.05) is 0 Å². The third-order valence-electron chi connectivity index (χ3n) is 6.49. The fourth-order valence-corrected chi connectivity index (χ4v) is 5.98. The Balaban J connectivity index is 1.31. The molecule has 0 amide bonds. The molecule has 1 saturated heterocycles. The van der Waals surface area contributed by atoms with Crippen molar-refractivity contribution < 1.29 is 0 Å². The van der Waals surface area contributed by atoms with E-state index < -0.39 is 0 Å². The minimum atomic E-state index is 0.232. The van der Waals surface area contributed by atoms with E-state index in [1.54, 1.807) is 0 Å². The number of fused-ring (bicyclic) bond motifs is 1. The van der Waals surface area contributed by atoms with E-state index in [0.29, 0.717) is 0 Å². The van der Waals surface area contributed by atoms with Gasteiger partial charge in [-0.05, 0) is 36.8 Å². The van der Waals surface area contributed by atoms with E-state index in [4.69, 9.17) is 0 Å². The van der Waals surface area contributed by atoms with E-state index >= 15 is 0 Å². The van der Waals surface area contributed by atoms with Gasteiger partial charge >= 0.3 is 4.87 Å². The Kier molecular flexibility index (Phi) is 5.84. The molecule has 5 rings (SSSR count). The van der Waals surface area contributed by atoms with Crippen molar-refractivity contribution in [2.75, 3.05) is 26.2 Å². The number of benzene rings is 2. The van der Waals surface area contributed by atoms with Crippen LogP contribution in [0.3, 0.4) is 0 Å². The summed E-state index contributed by atoms with van der Waals surface area (Å²) in [6.07, 6.45) is 4.60. The van der Waals surface area contributed by atoms with Crippen LogP contribution in [-0.4, -0.2) is 40.5 Å². The molecule has 30 heavy (non-hydrogen) atoms. The lowest BCUT2D eigenvalue weighted by molar-refractivity contribution is 0.0870. The summed E-state index contributed by atoms with van der Waals surface area (Å²) in [5.41, 5.74) is 4.01. The van der Waals surface area contributed by atoms with Crippen molar-refractivity contribution in [2.24, 2.45) is 0 Å². The molecule has 0 bridgehead atoms. The molecule has 0 atom stereocenters. The topological polar surface area (TPSA) is 28.5 Å². The molecule has 1 aromatic heterocycles. The van der Waals surface area contributed by atoms with Gasteiger partial charge in [0.25, 0.3) is 0 Å². The fourth-order valence-electron chi connectivity index (χ4n) is 4.92. The van der Waals surface area contributed by atoms with Gasteiger partial charge in [-0.2, -0.15) is 0 Å². The highest BCUT2D eigenvalue weighted by atomic mass is 32.1. The van der Waals surface area contributed by atoms with E-state index in [9.17, 15) is 4.79 Å². The van der Waals surface area contributed by atoms with Crippen LogP contribution in [0.5, 0.6) is 0 Å². The number of hydrogen-bond acceptors (Lipinski definition) is 4. The Bertz CT molecular complexity index is 980. The molecule has 1 aliphatic heterocycles. The fraction of sp³-hybridized carbons (Fsp3) is 0.400. The van der Waals surface area contributed by atoms with Crippen molar-refractivity contribution in [1.29, 1.82) is 0 Å². The molecule has 156 valence electrons. The third-order valence-corrected chi connectivity index (χ3v) is 7.57. The smallest absolute Gasteiger partial charge is 0.290 e. The summed E-state index contributed by atoms with van der Waals surface area (Å²) in [4.78, 5) is 19.2. The predicted octanol–water partition coefficient (Wildman–Crippen LogP) is 4.15. The summed E-state index contributed by atoms with van der Waals surface area (Å²) in [5, 5.41) is 0. The van der Waals surface area contributed by atoms with E-state index in [-0.39, 0.29) is 10.9 Å². The van der Waals surface area contributed by atoms with Gasteiger partial charge in [-0.15, -0.1) is 0 Å². The summed E-state index contributed by atoms with van der Waals surface area (Å²) in [6, 6.07) is 21.9. The lowest BCUT2D eigenvalue weighted by Crippen LogP contribution is -2.48. The first-order chi connectivity index (χ1) is 14.8. The van der Waals surface area contributed by atoms with Gasteiger partial charge in [0.15, 0.2) is 0 Å². The number of thiazole rings is 1. The quantitative estimate of drug-likeness (QED) is 0.622. The van der Waals surface area contributed by atoms with Crippen LogP contribution in [0.2, 0.25) is 0 Å². The van der Waals surface area contributed by atoms with Crippen LogP contribution < -0.4 is 4.87 Å². The van der Waals surface area contributed by atoms with Crippen molar-refractivity contribution in [1.82, 2.24) is 14.4 Å². The molecular weight excluding hydrogens is 390 g/mol. The molecule has 0 unspecified atom stereocenters. The summed E-state index contributed by atoms with van der Waals surface area (Å²) < 4.78 is 2.06. The monoisotopic (exact) mass is 419 g/mol. The summed E-state index contributed by atoms with van der Waals surface area (Å²) in [6.45, 7) is 4.76. The zero-order valence-electron chi connectivity index (χ0n) is 17.4. The number of hydrogen-bond donors (Lipinski definition) is 0. The minimum absolute atomic E-state index is 0.232. The van der Waals surface area contributed by atoms with Crippen molar-refractivity contribution in [2.45, 2.75) is 38.4 Å². The van der Waals surface area contributed by atoms with Gasteiger partial charge in [-0.1, -0.05) is 72.0 Å². The molecule has 4 nitrogen and oxygen atoms in total. The highest BCUT2D eigenvalue weighted by Crippen LogP contribution is 2.30. The molecule has 2 aromatic carbocycles. The number of rotatable bonds is 5. The maximum atomic E-state index is 12.6. The van der Waals surface area contributed by atoms with Crippen molar-refractivity contribution in [3.8, 4) is 0 Å². The molecule has 2 aliphatic rings. The van der Waals surface area contributed by atoms with Crippen LogP contribution in [0.1, 0.15) is 40.6 Å². The number of aromatic nitrogens is 1. The van der Waals surface area contributed by atoms with Crippen molar-refractivity contribution in [3.63, 3.8) is 0 Å². The average Bonchev–Trinajstić information content (AvgIpc) is 3.12. The summed E-state index contributed by atoms with van der Waals surface area (Å²) in [5.74, 6) is 0. The molecule has 0 saturated carbocycles. The molecular formula is C25H29N3OS. The second-order valence-corrected chi connectivity index (χ2v) is 9.44. The average molecular weight is 420 g/mol. The summed E-state index contributed by atoms with van der Waals surface area (Å²) in [7, 11) is 0. The molecule has 0 N–H and O–H groups in total. The molecule has 0 radical (unpaired) electrons. The normalized spacial score (nSPS) is 17.9. The van der Waals surface area contributed by atoms with E-state index in [1.165, 1.54) is 45.9 Å². The molecule has 1 fully saturated rings. The Morgan fingerprint density at radius 1 is 0.800 bits per heavy atom. The van der Waals surface area contributed by atoms with Crippen LogP contribution in [0.25, 0.3) is 0 Å². The van der Waals surface area contributed by atoms with Crippen LogP contribution in [0.15, 0.2) is 65.5 Å². The van der Waals surface area contributed by atoms with Gasteiger partial charge in [0.05, 0.1) is 12.7 Å². The Hall–Kier alpha value is -2.21.